The van der Waals surface area contributed by atoms with Crippen LogP contribution in [0.3, 0.4) is 0 Å². The molecular formula is C63H98O6. The third-order valence-electron chi connectivity index (χ3n) is 10.8. The van der Waals surface area contributed by atoms with Crippen molar-refractivity contribution in [3.05, 3.63) is 146 Å². The average Bonchev–Trinajstić information content (AvgIpc) is 3.35. The Morgan fingerprint density at radius 3 is 0.899 bits per heavy atom. The Bertz CT molecular complexity index is 1560. The van der Waals surface area contributed by atoms with Gasteiger partial charge in [0.1, 0.15) is 13.2 Å². The highest BCUT2D eigenvalue weighted by molar-refractivity contribution is 5.71. The number of esters is 3. The lowest BCUT2D eigenvalue weighted by molar-refractivity contribution is -0.166. The fraction of sp³-hybridized carbons (Fsp3) is 0.571. The van der Waals surface area contributed by atoms with E-state index in [0.29, 0.717) is 12.8 Å². The average molecular weight is 951 g/mol. The molecule has 0 aromatic heterocycles. The first-order chi connectivity index (χ1) is 34.0. The minimum Gasteiger partial charge on any atom is -0.462 e. The normalized spacial score (nSPS) is 13.3. The molecule has 0 fully saturated rings. The van der Waals surface area contributed by atoms with E-state index in [1.807, 2.05) is 12.2 Å². The Morgan fingerprint density at radius 2 is 0.551 bits per heavy atom. The molecule has 0 rings (SSSR count). The number of allylic oxidation sites excluding steroid dienone is 24. The Balaban J connectivity index is 4.47. The summed E-state index contributed by atoms with van der Waals surface area (Å²) in [6.07, 6.45) is 79.9. The molecule has 0 N–H and O–H groups in total. The molecule has 0 radical (unpaired) electrons. The van der Waals surface area contributed by atoms with Crippen LogP contribution in [0.5, 0.6) is 0 Å². The zero-order chi connectivity index (χ0) is 50.0. The number of carbonyl (C=O) groups is 3. The van der Waals surface area contributed by atoms with E-state index >= 15 is 0 Å². The molecule has 0 saturated heterocycles. The van der Waals surface area contributed by atoms with Crippen LogP contribution in [0.25, 0.3) is 0 Å². The van der Waals surface area contributed by atoms with Gasteiger partial charge in [0.05, 0.1) is 0 Å². The maximum Gasteiger partial charge on any atom is 0.306 e. The molecule has 0 bridgehead atoms. The minimum atomic E-state index is -0.827. The first-order valence-electron chi connectivity index (χ1n) is 27.3. The van der Waals surface area contributed by atoms with Crippen molar-refractivity contribution in [3.8, 4) is 0 Å². The lowest BCUT2D eigenvalue weighted by Gasteiger charge is -2.18. The summed E-state index contributed by atoms with van der Waals surface area (Å²) in [5.74, 6) is -1.04. The summed E-state index contributed by atoms with van der Waals surface area (Å²) in [4.78, 5) is 38.0. The quantitative estimate of drug-likeness (QED) is 0.0262. The van der Waals surface area contributed by atoms with Crippen LogP contribution in [0.1, 0.15) is 213 Å². The van der Waals surface area contributed by atoms with Gasteiger partial charge >= 0.3 is 17.9 Å². The van der Waals surface area contributed by atoms with Crippen LogP contribution < -0.4 is 0 Å². The second-order valence-corrected chi connectivity index (χ2v) is 17.3. The van der Waals surface area contributed by atoms with E-state index in [0.717, 1.165) is 141 Å². The SMILES string of the molecule is CC/C=C\C/C=C\C/C=C\C/C=C\C/C=C\CCCCCCCCCC(=O)OCC(COC(=O)CC/C=C\C/C=C\C/C=C\C/C=C\CC)OC(=O)CCCCCCC/C=C\C/C=C\C/C=C\CC. The van der Waals surface area contributed by atoms with E-state index in [4.69, 9.17) is 14.2 Å². The maximum absolute atomic E-state index is 12.8. The van der Waals surface area contributed by atoms with E-state index in [1.165, 1.54) is 25.7 Å². The number of carbonyl (C=O) groups excluding carboxylic acids is 3. The number of hydrogen-bond donors (Lipinski definition) is 0. The van der Waals surface area contributed by atoms with Crippen LogP contribution >= 0.6 is 0 Å². The minimum absolute atomic E-state index is 0.119. The van der Waals surface area contributed by atoms with Crippen LogP contribution in [0.15, 0.2) is 146 Å². The molecule has 6 nitrogen and oxygen atoms in total. The van der Waals surface area contributed by atoms with Gasteiger partial charge in [-0.2, -0.15) is 0 Å². The highest BCUT2D eigenvalue weighted by Crippen LogP contribution is 2.13. The summed E-state index contributed by atoms with van der Waals surface area (Å²) < 4.78 is 16.7. The standard InChI is InChI=1S/C63H98O6/c1-4-7-10-13-16-19-22-25-27-28-29-30-31-32-33-34-36-38-41-44-47-50-53-56-62(65)68-59-60(58-67-61(64)55-52-49-46-43-40-37-24-21-18-15-12-9-6-3)69-63(66)57-54-51-48-45-42-39-35-26-23-20-17-14-11-8-5-2/h7-12,16-21,25-27,29-30,32-33,35,37,40,46,49,60H,4-6,13-15,22-24,28,31,34,36,38-39,41-45,47-48,50-59H2,1-3H3/b10-7-,11-8-,12-9-,19-16-,20-17-,21-18-,27-25-,30-29-,33-32-,35-26-,40-37-,49-46-. The molecular weight excluding hydrogens is 853 g/mol. The molecule has 0 saturated carbocycles. The van der Waals surface area contributed by atoms with Gasteiger partial charge < -0.3 is 14.2 Å². The van der Waals surface area contributed by atoms with Gasteiger partial charge in [0.25, 0.3) is 0 Å². The Kier molecular flexibility index (Phi) is 52.1. The van der Waals surface area contributed by atoms with Crippen molar-refractivity contribution in [1.82, 2.24) is 0 Å². The predicted molar refractivity (Wildman–Crippen MR) is 297 cm³/mol. The molecule has 69 heavy (non-hydrogen) atoms. The van der Waals surface area contributed by atoms with Crippen molar-refractivity contribution < 1.29 is 28.6 Å². The summed E-state index contributed by atoms with van der Waals surface area (Å²) in [5.41, 5.74) is 0. The first-order valence-corrected chi connectivity index (χ1v) is 27.3. The zero-order valence-electron chi connectivity index (χ0n) is 44.0. The molecule has 1 unspecified atom stereocenters. The van der Waals surface area contributed by atoms with E-state index < -0.39 is 6.10 Å². The number of ether oxygens (including phenoxy) is 3. The molecule has 6 heteroatoms. The molecule has 0 spiro atoms. The summed E-state index contributed by atoms with van der Waals surface area (Å²) >= 11 is 0. The summed E-state index contributed by atoms with van der Waals surface area (Å²) in [6, 6.07) is 0. The maximum atomic E-state index is 12.8. The molecule has 0 heterocycles. The molecule has 1 atom stereocenters. The topological polar surface area (TPSA) is 78.9 Å². The van der Waals surface area contributed by atoms with Gasteiger partial charge in [0, 0.05) is 19.3 Å². The fourth-order valence-corrected chi connectivity index (χ4v) is 6.85. The van der Waals surface area contributed by atoms with E-state index in [1.54, 1.807) is 0 Å². The van der Waals surface area contributed by atoms with E-state index in [-0.39, 0.29) is 44.0 Å². The fourth-order valence-electron chi connectivity index (χ4n) is 6.85. The highest BCUT2D eigenvalue weighted by atomic mass is 16.6. The number of unbranched alkanes of at least 4 members (excludes halogenated alkanes) is 12. The van der Waals surface area contributed by atoms with Gasteiger partial charge in [-0.15, -0.1) is 0 Å². The number of rotatable bonds is 47. The smallest absolute Gasteiger partial charge is 0.306 e. The van der Waals surface area contributed by atoms with Crippen molar-refractivity contribution >= 4 is 17.9 Å². The van der Waals surface area contributed by atoms with Crippen LogP contribution in [0.4, 0.5) is 0 Å². The summed E-state index contributed by atoms with van der Waals surface area (Å²) in [7, 11) is 0. The zero-order valence-corrected chi connectivity index (χ0v) is 44.0. The Morgan fingerprint density at radius 1 is 0.290 bits per heavy atom. The molecule has 0 amide bonds. The van der Waals surface area contributed by atoms with E-state index in [2.05, 4.69) is 154 Å². The highest BCUT2D eigenvalue weighted by Gasteiger charge is 2.19. The monoisotopic (exact) mass is 951 g/mol. The lowest BCUT2D eigenvalue weighted by Crippen LogP contribution is -2.30. The van der Waals surface area contributed by atoms with Crippen molar-refractivity contribution in [2.45, 2.75) is 219 Å². The Labute approximate surface area is 423 Å². The molecule has 386 valence electrons. The molecule has 0 aliphatic carbocycles. The van der Waals surface area contributed by atoms with Gasteiger partial charge in [0.15, 0.2) is 6.10 Å². The second kappa shape index (κ2) is 55.9. The van der Waals surface area contributed by atoms with Crippen LogP contribution in [-0.4, -0.2) is 37.2 Å². The van der Waals surface area contributed by atoms with Crippen LogP contribution in [0.2, 0.25) is 0 Å². The van der Waals surface area contributed by atoms with Crippen LogP contribution in [0, 0.1) is 0 Å². The third-order valence-corrected chi connectivity index (χ3v) is 10.8. The summed E-state index contributed by atoms with van der Waals surface area (Å²) in [6.45, 7) is 6.19. The van der Waals surface area contributed by atoms with Crippen molar-refractivity contribution in [1.29, 1.82) is 0 Å². The van der Waals surface area contributed by atoms with Gasteiger partial charge in [-0.1, -0.05) is 218 Å². The Hall–Kier alpha value is -4.71. The number of hydrogen-bond acceptors (Lipinski definition) is 6. The largest absolute Gasteiger partial charge is 0.462 e. The van der Waals surface area contributed by atoms with Gasteiger partial charge in [-0.05, 0) is 122 Å². The van der Waals surface area contributed by atoms with Crippen molar-refractivity contribution in [2.24, 2.45) is 0 Å². The predicted octanol–water partition coefficient (Wildman–Crippen LogP) is 18.4. The molecule has 0 aliphatic heterocycles. The molecule has 0 aromatic rings. The van der Waals surface area contributed by atoms with Crippen molar-refractivity contribution in [3.63, 3.8) is 0 Å². The third kappa shape index (κ3) is 54.1. The molecule has 0 aliphatic rings. The molecule has 0 aromatic carbocycles. The lowest BCUT2D eigenvalue weighted by atomic mass is 10.1. The van der Waals surface area contributed by atoms with Crippen molar-refractivity contribution in [2.75, 3.05) is 13.2 Å². The second-order valence-electron chi connectivity index (χ2n) is 17.3. The summed E-state index contributed by atoms with van der Waals surface area (Å²) in [5, 5.41) is 0. The van der Waals surface area contributed by atoms with Gasteiger partial charge in [-0.3, -0.25) is 14.4 Å². The first kappa shape index (κ1) is 64.3. The van der Waals surface area contributed by atoms with Crippen LogP contribution in [-0.2, 0) is 28.6 Å². The van der Waals surface area contributed by atoms with Gasteiger partial charge in [0.2, 0.25) is 0 Å². The van der Waals surface area contributed by atoms with E-state index in [9.17, 15) is 14.4 Å². The van der Waals surface area contributed by atoms with Gasteiger partial charge in [-0.25, -0.2) is 0 Å².